The molecule has 1 aromatic rings. The van der Waals surface area contributed by atoms with Crippen LogP contribution in [-0.2, 0) is 0 Å². The van der Waals surface area contributed by atoms with E-state index in [4.69, 9.17) is 5.53 Å². The Morgan fingerprint density at radius 1 is 1.32 bits per heavy atom. The number of nitrogens with zero attached hydrogens (tertiary/aromatic N) is 3. The first kappa shape index (κ1) is 15.1. The zero-order chi connectivity index (χ0) is 14.5. The van der Waals surface area contributed by atoms with Crippen LogP contribution in [0.1, 0.15) is 37.3 Å². The van der Waals surface area contributed by atoms with Gasteiger partial charge in [0.1, 0.15) is 0 Å². The van der Waals surface area contributed by atoms with Gasteiger partial charge in [-0.05, 0) is 22.6 Å². The van der Waals surface area contributed by atoms with Gasteiger partial charge in [0.05, 0.1) is 6.42 Å². The van der Waals surface area contributed by atoms with Crippen LogP contribution in [0.4, 0.5) is 13.2 Å². The molecular weight excluding hydrogens is 255 g/mol. The first-order valence-electron chi connectivity index (χ1n) is 5.76. The molecule has 0 heterocycles. The molecule has 0 amide bonds. The molecule has 0 bridgehead atoms. The minimum absolute atomic E-state index is 0.00451. The summed E-state index contributed by atoms with van der Waals surface area (Å²) in [5.41, 5.74) is 9.95. The Balaban J connectivity index is 3.03. The van der Waals surface area contributed by atoms with Crippen molar-refractivity contribution in [3.8, 4) is 0 Å². The Labute approximate surface area is 109 Å². The van der Waals surface area contributed by atoms with E-state index >= 15 is 0 Å². The topological polar surface area (TPSA) is 48.8 Å². The van der Waals surface area contributed by atoms with Gasteiger partial charge in [0.2, 0.25) is 0 Å². The number of halogens is 3. The fourth-order valence-electron chi connectivity index (χ4n) is 1.52. The van der Waals surface area contributed by atoms with Gasteiger partial charge in [-0.1, -0.05) is 49.3 Å². The molecule has 3 nitrogen and oxygen atoms in total. The maximum Gasteiger partial charge on any atom is 0.392 e. The standard InChI is InChI=1S/C13H14F3N3/c1-9(2)10-3-5-11(6-4-10)12(18-19-17)7-8-13(14,15)16/h3-7,9H,8H2,1-2H3. The predicted octanol–water partition coefficient (Wildman–Crippen LogP) is 5.41. The van der Waals surface area contributed by atoms with Gasteiger partial charge in [0.25, 0.3) is 0 Å². The molecule has 0 N–H and O–H groups in total. The molecule has 0 radical (unpaired) electrons. The summed E-state index contributed by atoms with van der Waals surface area (Å²) < 4.78 is 36.5. The second-order valence-corrected chi connectivity index (χ2v) is 4.37. The molecule has 0 saturated heterocycles. The van der Waals surface area contributed by atoms with E-state index in [1.54, 1.807) is 12.1 Å². The van der Waals surface area contributed by atoms with Gasteiger partial charge < -0.3 is 0 Å². The lowest BCUT2D eigenvalue weighted by Crippen LogP contribution is -2.04. The van der Waals surface area contributed by atoms with E-state index in [1.165, 1.54) is 0 Å². The highest BCUT2D eigenvalue weighted by Crippen LogP contribution is 2.25. The molecule has 0 saturated carbocycles. The SMILES string of the molecule is CC(C)c1ccc(C(=CCC(F)(F)F)N=[N+]=[N-])cc1. The zero-order valence-electron chi connectivity index (χ0n) is 10.6. The maximum absolute atomic E-state index is 12.2. The molecular formula is C13H14F3N3. The number of alkyl halides is 3. The zero-order valence-corrected chi connectivity index (χ0v) is 10.6. The molecule has 0 unspecified atom stereocenters. The molecule has 1 aromatic carbocycles. The summed E-state index contributed by atoms with van der Waals surface area (Å²) in [6.45, 7) is 4.03. The Bertz CT molecular complexity index is 495. The Morgan fingerprint density at radius 3 is 2.32 bits per heavy atom. The summed E-state index contributed by atoms with van der Waals surface area (Å²) in [5.74, 6) is 0.330. The largest absolute Gasteiger partial charge is 0.392 e. The van der Waals surface area contributed by atoms with Crippen LogP contribution >= 0.6 is 0 Å². The fourth-order valence-corrected chi connectivity index (χ4v) is 1.52. The van der Waals surface area contributed by atoms with Gasteiger partial charge in [0, 0.05) is 10.6 Å². The van der Waals surface area contributed by atoms with Crippen molar-refractivity contribution in [1.29, 1.82) is 0 Å². The number of hydrogen-bond acceptors (Lipinski definition) is 1. The van der Waals surface area contributed by atoms with Gasteiger partial charge >= 0.3 is 6.18 Å². The normalized spacial score (nSPS) is 12.4. The lowest BCUT2D eigenvalue weighted by molar-refractivity contribution is -0.124. The first-order chi connectivity index (χ1) is 8.83. The van der Waals surface area contributed by atoms with Crippen LogP contribution in [0.25, 0.3) is 16.1 Å². The molecule has 0 aliphatic carbocycles. The highest BCUT2D eigenvalue weighted by atomic mass is 19.4. The van der Waals surface area contributed by atoms with E-state index < -0.39 is 12.6 Å². The van der Waals surface area contributed by atoms with E-state index in [-0.39, 0.29) is 5.70 Å². The number of benzene rings is 1. The van der Waals surface area contributed by atoms with Crippen molar-refractivity contribution in [3.63, 3.8) is 0 Å². The highest BCUT2D eigenvalue weighted by Gasteiger charge is 2.25. The Kier molecular flexibility index (Phi) is 5.01. The van der Waals surface area contributed by atoms with Crippen LogP contribution in [0.3, 0.4) is 0 Å². The third kappa shape index (κ3) is 5.06. The molecule has 6 heteroatoms. The maximum atomic E-state index is 12.2. The number of allylic oxidation sites excluding steroid dienone is 1. The van der Waals surface area contributed by atoms with Gasteiger partial charge in [-0.2, -0.15) is 13.2 Å². The van der Waals surface area contributed by atoms with Crippen molar-refractivity contribution in [2.24, 2.45) is 5.11 Å². The van der Waals surface area contributed by atoms with Crippen LogP contribution in [0.15, 0.2) is 35.5 Å². The molecule has 0 aliphatic rings. The average Bonchev–Trinajstić information content (AvgIpc) is 2.33. The van der Waals surface area contributed by atoms with Crippen LogP contribution < -0.4 is 0 Å². The van der Waals surface area contributed by atoms with Gasteiger partial charge in [-0.15, -0.1) is 0 Å². The first-order valence-corrected chi connectivity index (χ1v) is 5.76. The summed E-state index contributed by atoms with van der Waals surface area (Å²) in [5, 5.41) is 3.31. The molecule has 0 aromatic heterocycles. The minimum atomic E-state index is -4.31. The predicted molar refractivity (Wildman–Crippen MR) is 68.3 cm³/mol. The molecule has 102 valence electrons. The van der Waals surface area contributed by atoms with E-state index in [0.717, 1.165) is 11.6 Å². The molecule has 19 heavy (non-hydrogen) atoms. The summed E-state index contributed by atoms with van der Waals surface area (Å²) in [7, 11) is 0. The summed E-state index contributed by atoms with van der Waals surface area (Å²) in [6, 6.07) is 6.95. The Morgan fingerprint density at radius 2 is 1.89 bits per heavy atom. The second-order valence-electron chi connectivity index (χ2n) is 4.37. The molecule has 0 fully saturated rings. The minimum Gasteiger partial charge on any atom is -0.171 e. The smallest absolute Gasteiger partial charge is 0.171 e. The van der Waals surface area contributed by atoms with Crippen LogP contribution in [0.2, 0.25) is 0 Å². The fraction of sp³-hybridized carbons (Fsp3) is 0.385. The molecule has 1 rings (SSSR count). The molecule has 0 spiro atoms. The summed E-state index contributed by atoms with van der Waals surface area (Å²) in [6.07, 6.45) is -4.54. The third-order valence-corrected chi connectivity index (χ3v) is 2.55. The van der Waals surface area contributed by atoms with E-state index in [2.05, 4.69) is 10.0 Å². The van der Waals surface area contributed by atoms with Crippen LogP contribution in [0.5, 0.6) is 0 Å². The number of rotatable bonds is 4. The van der Waals surface area contributed by atoms with Crippen molar-refractivity contribution in [2.75, 3.05) is 0 Å². The summed E-state index contributed by atoms with van der Waals surface area (Å²) >= 11 is 0. The van der Waals surface area contributed by atoms with Crippen molar-refractivity contribution in [3.05, 3.63) is 51.9 Å². The van der Waals surface area contributed by atoms with E-state index in [1.807, 2.05) is 26.0 Å². The third-order valence-electron chi connectivity index (χ3n) is 2.55. The van der Waals surface area contributed by atoms with E-state index in [9.17, 15) is 13.2 Å². The summed E-state index contributed by atoms with van der Waals surface area (Å²) in [4.78, 5) is 2.56. The van der Waals surface area contributed by atoms with Gasteiger partial charge in [-0.25, -0.2) is 0 Å². The Hall–Kier alpha value is -1.94. The molecule has 0 aliphatic heterocycles. The molecule has 0 atom stereocenters. The van der Waals surface area contributed by atoms with Crippen molar-refractivity contribution >= 4 is 5.70 Å². The van der Waals surface area contributed by atoms with Crippen LogP contribution in [-0.4, -0.2) is 6.18 Å². The highest BCUT2D eigenvalue weighted by molar-refractivity contribution is 5.64. The van der Waals surface area contributed by atoms with Crippen LogP contribution in [0, 0.1) is 0 Å². The van der Waals surface area contributed by atoms with Gasteiger partial charge in [-0.3, -0.25) is 0 Å². The lowest BCUT2D eigenvalue weighted by Gasteiger charge is -2.08. The monoisotopic (exact) mass is 269 g/mol. The van der Waals surface area contributed by atoms with Crippen molar-refractivity contribution in [1.82, 2.24) is 0 Å². The quantitative estimate of drug-likeness (QED) is 0.398. The van der Waals surface area contributed by atoms with E-state index in [0.29, 0.717) is 11.5 Å². The average molecular weight is 269 g/mol. The van der Waals surface area contributed by atoms with Crippen molar-refractivity contribution in [2.45, 2.75) is 32.4 Å². The van der Waals surface area contributed by atoms with Crippen molar-refractivity contribution < 1.29 is 13.2 Å². The van der Waals surface area contributed by atoms with Gasteiger partial charge in [0.15, 0.2) is 0 Å². The second kappa shape index (κ2) is 6.29. The number of hydrogen-bond donors (Lipinski definition) is 0. The lowest BCUT2D eigenvalue weighted by atomic mass is 10.0. The number of azide groups is 1.